The number of hydrogen-bond donors (Lipinski definition) is 1. The first-order valence-corrected chi connectivity index (χ1v) is 16.5. The van der Waals surface area contributed by atoms with Crippen molar-refractivity contribution in [3.63, 3.8) is 0 Å². The van der Waals surface area contributed by atoms with Gasteiger partial charge in [-0.2, -0.15) is 9.61 Å². The molecule has 2 aromatic heterocycles. The molecule has 1 aliphatic heterocycles. The lowest BCUT2D eigenvalue weighted by Crippen LogP contribution is -2.43. The maximum absolute atomic E-state index is 12.8. The molecule has 0 saturated carbocycles. The van der Waals surface area contributed by atoms with Crippen LogP contribution in [0.5, 0.6) is 0 Å². The lowest BCUT2D eigenvalue weighted by atomic mass is 9.81. The number of nitrogens with zero attached hydrogens (tertiary/aromatic N) is 4. The van der Waals surface area contributed by atoms with E-state index in [0.29, 0.717) is 43.2 Å². The van der Waals surface area contributed by atoms with Gasteiger partial charge in [-0.15, -0.1) is 13.2 Å². The third-order valence-corrected chi connectivity index (χ3v) is 8.82. The van der Waals surface area contributed by atoms with E-state index in [4.69, 9.17) is 19.6 Å². The predicted molar refractivity (Wildman–Crippen MR) is 189 cm³/mol. The quantitative estimate of drug-likeness (QED) is 0.117. The Morgan fingerprint density at radius 3 is 2.47 bits per heavy atom. The number of aliphatic carboxylic acids is 1. The molecule has 0 radical (unpaired) electrons. The summed E-state index contributed by atoms with van der Waals surface area (Å²) in [6.07, 6.45) is 6.10. The Bertz CT molecular complexity index is 1740. The Morgan fingerprint density at radius 1 is 1.06 bits per heavy atom. The van der Waals surface area contributed by atoms with E-state index in [1.165, 1.54) is 11.1 Å². The fraction of sp³-hybridized carbons (Fsp3) is 0.410. The van der Waals surface area contributed by atoms with Crippen LogP contribution in [-0.2, 0) is 20.7 Å². The normalized spacial score (nSPS) is 15.5. The van der Waals surface area contributed by atoms with Crippen molar-refractivity contribution in [1.29, 1.82) is 0 Å². The fourth-order valence-electron chi connectivity index (χ4n) is 6.37. The highest BCUT2D eigenvalue weighted by atomic mass is 16.5. The van der Waals surface area contributed by atoms with Crippen LogP contribution in [0.15, 0.2) is 79.9 Å². The number of carboxylic acids is 1. The summed E-state index contributed by atoms with van der Waals surface area (Å²) in [5.41, 5.74) is 6.43. The molecule has 8 heteroatoms. The van der Waals surface area contributed by atoms with E-state index < -0.39 is 17.7 Å². The van der Waals surface area contributed by atoms with Crippen molar-refractivity contribution in [2.45, 2.75) is 72.0 Å². The van der Waals surface area contributed by atoms with Crippen LogP contribution < -0.4 is 4.90 Å². The smallest absolute Gasteiger partial charge is 0.337 e. The minimum atomic E-state index is -1.21. The number of piperidine rings is 1. The van der Waals surface area contributed by atoms with Crippen LogP contribution >= 0.6 is 0 Å². The van der Waals surface area contributed by atoms with Crippen molar-refractivity contribution in [2.75, 3.05) is 31.2 Å². The molecule has 3 heterocycles. The van der Waals surface area contributed by atoms with Gasteiger partial charge in [0.25, 0.3) is 0 Å². The first kappa shape index (κ1) is 34.1. The standard InChI is InChI=1S/C39H48N4O4/c1-8-10-14-28-15-11-12-18-31(28)29-16-13-17-30(24-29)32-25-33-40-27(3)34(35(37(44)45)47-38(4,5)6)36(43(33)41-32)42-21-19-39(7,20-22-42)26-46-23-9-2/h8-9,11-13,15-18,24-25,35H,1-2,10,14,19-23,26H2,3-7H3,(H,44,45). The fourth-order valence-corrected chi connectivity index (χ4v) is 6.37. The van der Waals surface area contributed by atoms with Gasteiger partial charge in [0.15, 0.2) is 11.8 Å². The Morgan fingerprint density at radius 2 is 1.79 bits per heavy atom. The van der Waals surface area contributed by atoms with Gasteiger partial charge in [0, 0.05) is 30.4 Å². The molecule has 8 nitrogen and oxygen atoms in total. The number of aromatic nitrogens is 3. The number of rotatable bonds is 13. The van der Waals surface area contributed by atoms with E-state index in [2.05, 4.69) is 73.5 Å². The van der Waals surface area contributed by atoms with Crippen molar-refractivity contribution in [3.05, 3.63) is 96.7 Å². The summed E-state index contributed by atoms with van der Waals surface area (Å²) in [4.78, 5) is 20.0. The average Bonchev–Trinajstić information content (AvgIpc) is 3.46. The highest BCUT2D eigenvalue weighted by Gasteiger charge is 2.37. The summed E-state index contributed by atoms with van der Waals surface area (Å²) in [5.74, 6) is -0.337. The van der Waals surface area contributed by atoms with Gasteiger partial charge in [-0.05, 0) is 81.5 Å². The molecule has 0 bridgehead atoms. The number of hydrogen-bond acceptors (Lipinski definition) is 6. The van der Waals surface area contributed by atoms with E-state index in [0.717, 1.165) is 48.3 Å². The summed E-state index contributed by atoms with van der Waals surface area (Å²) >= 11 is 0. The van der Waals surface area contributed by atoms with Crippen LogP contribution in [0.3, 0.4) is 0 Å². The maximum Gasteiger partial charge on any atom is 0.337 e. The number of ether oxygens (including phenoxy) is 2. The molecular formula is C39H48N4O4. The van der Waals surface area contributed by atoms with Crippen LogP contribution in [0.4, 0.5) is 5.82 Å². The summed E-state index contributed by atoms with van der Waals surface area (Å²) in [6.45, 7) is 20.0. The molecule has 2 aromatic carbocycles. The van der Waals surface area contributed by atoms with E-state index in [1.54, 1.807) is 6.08 Å². The van der Waals surface area contributed by atoms with E-state index >= 15 is 0 Å². The SMILES string of the molecule is C=CCCc1ccccc1-c1cccc(-c2cc3nc(C)c(C(OC(C)(C)C)C(=O)O)c(N4CCC(C)(COCC=C)CC4)n3n2)c1. The molecule has 4 aromatic rings. The van der Waals surface area contributed by atoms with Crippen molar-refractivity contribution in [2.24, 2.45) is 5.41 Å². The zero-order valence-corrected chi connectivity index (χ0v) is 28.5. The van der Waals surface area contributed by atoms with Crippen LogP contribution in [0, 0.1) is 12.3 Å². The number of allylic oxidation sites excluding steroid dienone is 1. The predicted octanol–water partition coefficient (Wildman–Crippen LogP) is 8.24. The Kier molecular flexibility index (Phi) is 10.3. The number of benzene rings is 2. The van der Waals surface area contributed by atoms with E-state index in [1.807, 2.05) is 44.4 Å². The third-order valence-electron chi connectivity index (χ3n) is 8.82. The molecule has 1 saturated heterocycles. The monoisotopic (exact) mass is 636 g/mol. The number of carboxylic acid groups (broad SMARTS) is 1. The van der Waals surface area contributed by atoms with Crippen LogP contribution in [-0.4, -0.2) is 57.6 Å². The number of fused-ring (bicyclic) bond motifs is 1. The molecule has 0 amide bonds. The molecule has 5 rings (SSSR count). The van der Waals surface area contributed by atoms with Crippen molar-refractivity contribution >= 4 is 17.4 Å². The molecule has 47 heavy (non-hydrogen) atoms. The van der Waals surface area contributed by atoms with Gasteiger partial charge in [-0.1, -0.05) is 61.5 Å². The van der Waals surface area contributed by atoms with Gasteiger partial charge in [0.2, 0.25) is 0 Å². The molecule has 248 valence electrons. The highest BCUT2D eigenvalue weighted by molar-refractivity contribution is 5.79. The lowest BCUT2D eigenvalue weighted by Gasteiger charge is -2.41. The number of carbonyl (C=O) groups is 1. The van der Waals surface area contributed by atoms with Crippen molar-refractivity contribution in [1.82, 2.24) is 14.6 Å². The molecule has 1 aliphatic rings. The second-order valence-corrected chi connectivity index (χ2v) is 13.8. The third kappa shape index (κ3) is 7.83. The topological polar surface area (TPSA) is 89.2 Å². The second-order valence-electron chi connectivity index (χ2n) is 13.8. The van der Waals surface area contributed by atoms with Gasteiger partial charge in [0.1, 0.15) is 5.82 Å². The van der Waals surface area contributed by atoms with E-state index in [-0.39, 0.29) is 5.41 Å². The van der Waals surface area contributed by atoms with E-state index in [9.17, 15) is 9.90 Å². The summed E-state index contributed by atoms with van der Waals surface area (Å²) in [6, 6.07) is 18.9. The molecule has 0 spiro atoms. The molecule has 1 fully saturated rings. The van der Waals surface area contributed by atoms with Crippen LogP contribution in [0.25, 0.3) is 28.0 Å². The van der Waals surface area contributed by atoms with Crippen molar-refractivity contribution < 1.29 is 19.4 Å². The highest BCUT2D eigenvalue weighted by Crippen LogP contribution is 2.40. The molecule has 0 aliphatic carbocycles. The Balaban J connectivity index is 1.61. The zero-order chi connectivity index (χ0) is 33.8. The van der Waals surface area contributed by atoms with Gasteiger partial charge >= 0.3 is 5.97 Å². The van der Waals surface area contributed by atoms with Gasteiger partial charge < -0.3 is 19.5 Å². The Hall–Kier alpha value is -4.27. The number of anilines is 1. The number of aryl methyl sites for hydroxylation is 2. The maximum atomic E-state index is 12.8. The first-order chi connectivity index (χ1) is 22.4. The largest absolute Gasteiger partial charge is 0.479 e. The molecular weight excluding hydrogens is 588 g/mol. The second kappa shape index (κ2) is 14.2. The molecule has 1 atom stereocenters. The van der Waals surface area contributed by atoms with Crippen molar-refractivity contribution in [3.8, 4) is 22.4 Å². The summed E-state index contributed by atoms with van der Waals surface area (Å²) < 4.78 is 13.9. The lowest BCUT2D eigenvalue weighted by molar-refractivity contribution is -0.160. The van der Waals surface area contributed by atoms with Gasteiger partial charge in [0.05, 0.1) is 30.1 Å². The first-order valence-electron chi connectivity index (χ1n) is 16.5. The summed E-state index contributed by atoms with van der Waals surface area (Å²) in [7, 11) is 0. The van der Waals surface area contributed by atoms with Gasteiger partial charge in [-0.25, -0.2) is 9.78 Å². The minimum absolute atomic E-state index is 0.00660. The molecule has 1 N–H and O–H groups in total. The van der Waals surface area contributed by atoms with Gasteiger partial charge in [-0.3, -0.25) is 0 Å². The van der Waals surface area contributed by atoms with Crippen LogP contribution in [0.2, 0.25) is 0 Å². The Labute approximate surface area is 278 Å². The van der Waals surface area contributed by atoms with Crippen LogP contribution in [0.1, 0.15) is 69.9 Å². The average molecular weight is 637 g/mol. The minimum Gasteiger partial charge on any atom is -0.479 e. The zero-order valence-electron chi connectivity index (χ0n) is 28.5. The summed E-state index contributed by atoms with van der Waals surface area (Å²) in [5, 5.41) is 15.6. The molecule has 1 unspecified atom stereocenters.